The van der Waals surface area contributed by atoms with Gasteiger partial charge >= 0.3 is 0 Å². The fourth-order valence-corrected chi connectivity index (χ4v) is 3.25. The number of hydrogen-bond donors (Lipinski definition) is 2. The Morgan fingerprint density at radius 2 is 1.92 bits per heavy atom. The molecule has 0 aliphatic rings. The van der Waals surface area contributed by atoms with Crippen LogP contribution in [0.2, 0.25) is 0 Å². The minimum absolute atomic E-state index is 0.0890. The minimum Gasteiger partial charge on any atom is -0.372 e. The molecule has 2 N–H and O–H groups in total. The van der Waals surface area contributed by atoms with E-state index in [0.717, 1.165) is 41.0 Å². The molecule has 0 bridgehead atoms. The fourth-order valence-electron chi connectivity index (χ4n) is 3.25. The Morgan fingerprint density at radius 3 is 2.62 bits per heavy atom. The predicted octanol–water partition coefficient (Wildman–Crippen LogP) is 4.64. The first-order chi connectivity index (χ1) is 12.5. The largest absolute Gasteiger partial charge is 0.372 e. The maximum absolute atomic E-state index is 13.3. The summed E-state index contributed by atoms with van der Waals surface area (Å²) in [4.78, 5) is 17.7. The summed E-state index contributed by atoms with van der Waals surface area (Å²) in [6.45, 7) is 8.14. The molecular formula is C21H24FN3O. The molecule has 3 aromatic rings. The molecule has 26 heavy (non-hydrogen) atoms. The monoisotopic (exact) mass is 353 g/mol. The van der Waals surface area contributed by atoms with E-state index in [1.165, 1.54) is 12.1 Å². The summed E-state index contributed by atoms with van der Waals surface area (Å²) in [7, 11) is 0. The summed E-state index contributed by atoms with van der Waals surface area (Å²) in [5.74, 6) is -0.381. The third kappa shape index (κ3) is 3.72. The van der Waals surface area contributed by atoms with Gasteiger partial charge < -0.3 is 15.2 Å². The van der Waals surface area contributed by atoms with Crippen molar-refractivity contribution in [2.45, 2.75) is 27.2 Å². The van der Waals surface area contributed by atoms with Crippen LogP contribution >= 0.6 is 0 Å². The van der Waals surface area contributed by atoms with Gasteiger partial charge in [0.15, 0.2) is 0 Å². The Bertz CT molecular complexity index is 928. The molecule has 2 aromatic carbocycles. The summed E-state index contributed by atoms with van der Waals surface area (Å²) in [6, 6.07) is 10.6. The van der Waals surface area contributed by atoms with Crippen molar-refractivity contribution in [2.75, 3.05) is 23.3 Å². The summed E-state index contributed by atoms with van der Waals surface area (Å²) in [5, 5.41) is 3.85. The molecule has 1 amide bonds. The number of halogens is 1. The van der Waals surface area contributed by atoms with Crippen LogP contribution in [0, 0.1) is 12.7 Å². The maximum Gasteiger partial charge on any atom is 0.228 e. The summed E-state index contributed by atoms with van der Waals surface area (Å²) in [5.41, 5.74) is 4.56. The first-order valence-electron chi connectivity index (χ1n) is 8.92. The van der Waals surface area contributed by atoms with Crippen LogP contribution in [0.3, 0.4) is 0 Å². The molecule has 1 heterocycles. The molecule has 0 fully saturated rings. The minimum atomic E-state index is -0.292. The van der Waals surface area contributed by atoms with Crippen molar-refractivity contribution >= 4 is 28.2 Å². The highest BCUT2D eigenvalue weighted by Gasteiger charge is 2.11. The molecule has 0 saturated carbocycles. The molecule has 0 saturated heterocycles. The van der Waals surface area contributed by atoms with Gasteiger partial charge in [0.25, 0.3) is 0 Å². The number of fused-ring (bicyclic) bond motifs is 1. The van der Waals surface area contributed by atoms with Gasteiger partial charge in [-0.15, -0.1) is 0 Å². The van der Waals surface area contributed by atoms with E-state index in [-0.39, 0.29) is 18.1 Å². The third-order valence-corrected chi connectivity index (χ3v) is 4.69. The number of carbonyl (C=O) groups excluding carboxylic acids is 1. The van der Waals surface area contributed by atoms with Crippen LogP contribution in [0.5, 0.6) is 0 Å². The fraction of sp³-hybridized carbons (Fsp3) is 0.286. The van der Waals surface area contributed by atoms with Gasteiger partial charge in [-0.25, -0.2) is 4.39 Å². The first kappa shape index (κ1) is 18.0. The highest BCUT2D eigenvalue weighted by molar-refractivity contribution is 5.96. The molecule has 0 aliphatic heterocycles. The van der Waals surface area contributed by atoms with E-state index in [1.54, 1.807) is 12.3 Å². The number of anilines is 2. The zero-order valence-corrected chi connectivity index (χ0v) is 15.4. The number of nitrogens with zero attached hydrogens (tertiary/aromatic N) is 1. The highest BCUT2D eigenvalue weighted by Crippen LogP contribution is 2.24. The Kier molecular flexibility index (Phi) is 5.26. The summed E-state index contributed by atoms with van der Waals surface area (Å²) >= 11 is 0. The van der Waals surface area contributed by atoms with Gasteiger partial charge in [-0.3, -0.25) is 4.79 Å². The molecule has 0 atom stereocenters. The number of H-pyrrole nitrogens is 1. The molecule has 4 nitrogen and oxygen atoms in total. The zero-order chi connectivity index (χ0) is 18.7. The van der Waals surface area contributed by atoms with Gasteiger partial charge in [-0.05, 0) is 68.3 Å². The number of rotatable bonds is 6. The van der Waals surface area contributed by atoms with E-state index < -0.39 is 0 Å². The van der Waals surface area contributed by atoms with Crippen LogP contribution in [0.15, 0.2) is 42.6 Å². The van der Waals surface area contributed by atoms with Crippen molar-refractivity contribution in [1.29, 1.82) is 0 Å². The number of nitrogens with one attached hydrogen (secondary N) is 2. The standard InChI is InChI=1S/C21H24FN3O/c1-4-25(5-2)17-7-9-19(14(3)10-17)24-21(26)11-15-13-23-20-12-16(22)6-8-18(15)20/h6-10,12-13,23H,4-5,11H2,1-3H3,(H,24,26). The topological polar surface area (TPSA) is 48.1 Å². The number of aryl methyl sites for hydroxylation is 1. The molecule has 136 valence electrons. The van der Waals surface area contributed by atoms with Crippen molar-refractivity contribution in [3.63, 3.8) is 0 Å². The van der Waals surface area contributed by atoms with Gasteiger partial charge in [0.2, 0.25) is 5.91 Å². The Labute approximate surface area is 153 Å². The average Bonchev–Trinajstić information content (AvgIpc) is 3.00. The third-order valence-electron chi connectivity index (χ3n) is 4.69. The quantitative estimate of drug-likeness (QED) is 0.678. The average molecular weight is 353 g/mol. The van der Waals surface area contributed by atoms with E-state index in [2.05, 4.69) is 35.1 Å². The highest BCUT2D eigenvalue weighted by atomic mass is 19.1. The number of aromatic nitrogens is 1. The lowest BCUT2D eigenvalue weighted by Crippen LogP contribution is -2.22. The van der Waals surface area contributed by atoms with Gasteiger partial charge in [-0.1, -0.05) is 0 Å². The van der Waals surface area contributed by atoms with Crippen LogP contribution in [0.4, 0.5) is 15.8 Å². The predicted molar refractivity (Wildman–Crippen MR) is 105 cm³/mol. The lowest BCUT2D eigenvalue weighted by Gasteiger charge is -2.22. The molecule has 0 unspecified atom stereocenters. The molecule has 1 aromatic heterocycles. The van der Waals surface area contributed by atoms with Crippen molar-refractivity contribution in [3.8, 4) is 0 Å². The van der Waals surface area contributed by atoms with Crippen LogP contribution < -0.4 is 10.2 Å². The van der Waals surface area contributed by atoms with Crippen LogP contribution in [-0.4, -0.2) is 24.0 Å². The normalized spacial score (nSPS) is 10.9. The maximum atomic E-state index is 13.3. The molecule has 0 aliphatic carbocycles. The molecule has 3 rings (SSSR count). The molecule has 0 spiro atoms. The van der Waals surface area contributed by atoms with Crippen molar-refractivity contribution in [3.05, 3.63) is 59.5 Å². The van der Waals surface area contributed by atoms with E-state index in [4.69, 9.17) is 0 Å². The second-order valence-electron chi connectivity index (χ2n) is 6.40. The number of hydrogen-bond acceptors (Lipinski definition) is 2. The van der Waals surface area contributed by atoms with Crippen molar-refractivity contribution < 1.29 is 9.18 Å². The number of carbonyl (C=O) groups is 1. The molecule has 0 radical (unpaired) electrons. The zero-order valence-electron chi connectivity index (χ0n) is 15.4. The summed E-state index contributed by atoms with van der Waals surface area (Å²) < 4.78 is 13.3. The number of amides is 1. The Hall–Kier alpha value is -2.82. The van der Waals surface area contributed by atoms with E-state index in [0.29, 0.717) is 5.52 Å². The van der Waals surface area contributed by atoms with Crippen LogP contribution in [0.1, 0.15) is 25.0 Å². The summed E-state index contributed by atoms with van der Waals surface area (Å²) in [6.07, 6.45) is 2.00. The van der Waals surface area contributed by atoms with Crippen LogP contribution in [-0.2, 0) is 11.2 Å². The van der Waals surface area contributed by atoms with E-state index >= 15 is 0 Å². The van der Waals surface area contributed by atoms with Gasteiger partial charge in [0, 0.05) is 41.6 Å². The SMILES string of the molecule is CCN(CC)c1ccc(NC(=O)Cc2c[nH]c3cc(F)ccc23)c(C)c1. The Balaban J connectivity index is 1.73. The van der Waals surface area contributed by atoms with Crippen molar-refractivity contribution in [2.24, 2.45) is 0 Å². The second kappa shape index (κ2) is 7.60. The molecular weight excluding hydrogens is 329 g/mol. The van der Waals surface area contributed by atoms with Gasteiger partial charge in [-0.2, -0.15) is 0 Å². The van der Waals surface area contributed by atoms with Gasteiger partial charge in [0.05, 0.1) is 6.42 Å². The van der Waals surface area contributed by atoms with E-state index in [1.807, 2.05) is 19.1 Å². The lowest BCUT2D eigenvalue weighted by molar-refractivity contribution is -0.115. The number of benzene rings is 2. The molecule has 5 heteroatoms. The number of aromatic amines is 1. The van der Waals surface area contributed by atoms with E-state index in [9.17, 15) is 9.18 Å². The lowest BCUT2D eigenvalue weighted by atomic mass is 10.1. The first-order valence-corrected chi connectivity index (χ1v) is 8.92. The van der Waals surface area contributed by atoms with Crippen molar-refractivity contribution in [1.82, 2.24) is 4.98 Å². The second-order valence-corrected chi connectivity index (χ2v) is 6.40. The Morgan fingerprint density at radius 1 is 1.15 bits per heavy atom. The smallest absolute Gasteiger partial charge is 0.228 e. The van der Waals surface area contributed by atoms with Gasteiger partial charge in [0.1, 0.15) is 5.82 Å². The van der Waals surface area contributed by atoms with Crippen LogP contribution in [0.25, 0.3) is 10.9 Å².